The second-order valence-corrected chi connectivity index (χ2v) is 4.72. The highest BCUT2D eigenvalue weighted by molar-refractivity contribution is 9.10. The standard InChI is InChI=1S/C14H10BrFN2/c1-9-6-12(16)11(15)7-14(9)18-13-5-3-2-4-10(13)8-17/h2-7,18H,1H3. The van der Waals surface area contributed by atoms with E-state index >= 15 is 0 Å². The van der Waals surface area contributed by atoms with E-state index in [2.05, 4.69) is 27.3 Å². The molecule has 0 amide bonds. The molecule has 0 fully saturated rings. The maximum Gasteiger partial charge on any atom is 0.137 e. The lowest BCUT2D eigenvalue weighted by atomic mass is 10.1. The Kier molecular flexibility index (Phi) is 3.63. The largest absolute Gasteiger partial charge is 0.354 e. The molecule has 0 radical (unpaired) electrons. The average molecular weight is 305 g/mol. The minimum absolute atomic E-state index is 0.299. The van der Waals surface area contributed by atoms with Gasteiger partial charge in [0, 0.05) is 5.69 Å². The molecule has 4 heteroatoms. The molecule has 18 heavy (non-hydrogen) atoms. The predicted octanol–water partition coefficient (Wildman–Crippen LogP) is 4.51. The third kappa shape index (κ3) is 2.52. The van der Waals surface area contributed by atoms with E-state index in [-0.39, 0.29) is 5.82 Å². The fourth-order valence-electron chi connectivity index (χ4n) is 1.62. The Morgan fingerprint density at radius 2 is 1.94 bits per heavy atom. The topological polar surface area (TPSA) is 35.8 Å². The number of nitriles is 1. The van der Waals surface area contributed by atoms with Gasteiger partial charge in [0.2, 0.25) is 0 Å². The number of halogens is 2. The van der Waals surface area contributed by atoms with Gasteiger partial charge in [-0.15, -0.1) is 0 Å². The Morgan fingerprint density at radius 1 is 1.22 bits per heavy atom. The SMILES string of the molecule is Cc1cc(F)c(Br)cc1Nc1ccccc1C#N. The average Bonchev–Trinajstić information content (AvgIpc) is 2.36. The van der Waals surface area contributed by atoms with Crippen LogP contribution in [-0.4, -0.2) is 0 Å². The summed E-state index contributed by atoms with van der Waals surface area (Å²) in [6.07, 6.45) is 0. The van der Waals surface area contributed by atoms with Gasteiger partial charge in [0.05, 0.1) is 15.7 Å². The summed E-state index contributed by atoms with van der Waals surface area (Å²) in [5.74, 6) is -0.299. The Labute approximate surface area is 113 Å². The molecule has 0 aromatic heterocycles. The highest BCUT2D eigenvalue weighted by Crippen LogP contribution is 2.28. The Bertz CT molecular complexity index is 632. The zero-order chi connectivity index (χ0) is 13.1. The summed E-state index contributed by atoms with van der Waals surface area (Å²) < 4.78 is 13.7. The predicted molar refractivity (Wildman–Crippen MR) is 73.3 cm³/mol. The van der Waals surface area contributed by atoms with E-state index in [4.69, 9.17) is 5.26 Å². The maximum atomic E-state index is 13.3. The van der Waals surface area contributed by atoms with Gasteiger partial charge >= 0.3 is 0 Å². The molecule has 2 aromatic rings. The molecule has 0 aliphatic carbocycles. The summed E-state index contributed by atoms with van der Waals surface area (Å²) in [6.45, 7) is 1.81. The Morgan fingerprint density at radius 3 is 2.67 bits per heavy atom. The van der Waals surface area contributed by atoms with Crippen molar-refractivity contribution in [1.82, 2.24) is 0 Å². The second-order valence-electron chi connectivity index (χ2n) is 3.86. The van der Waals surface area contributed by atoms with Crippen molar-refractivity contribution in [2.75, 3.05) is 5.32 Å². The van der Waals surface area contributed by atoms with Crippen molar-refractivity contribution >= 4 is 27.3 Å². The summed E-state index contributed by atoms with van der Waals surface area (Å²) >= 11 is 3.15. The third-order valence-corrected chi connectivity index (χ3v) is 3.19. The van der Waals surface area contributed by atoms with Gasteiger partial charge < -0.3 is 5.32 Å². The fourth-order valence-corrected chi connectivity index (χ4v) is 1.96. The second kappa shape index (κ2) is 5.19. The molecule has 2 nitrogen and oxygen atoms in total. The smallest absolute Gasteiger partial charge is 0.137 e. The van der Waals surface area contributed by atoms with Crippen LogP contribution in [0.1, 0.15) is 11.1 Å². The lowest BCUT2D eigenvalue weighted by molar-refractivity contribution is 0.620. The number of rotatable bonds is 2. The molecule has 2 rings (SSSR count). The number of hydrogen-bond donors (Lipinski definition) is 1. The first kappa shape index (κ1) is 12.6. The van der Waals surface area contributed by atoms with Crippen LogP contribution in [-0.2, 0) is 0 Å². The number of benzene rings is 2. The lowest BCUT2D eigenvalue weighted by Crippen LogP contribution is -1.96. The van der Waals surface area contributed by atoms with E-state index in [1.54, 1.807) is 18.2 Å². The van der Waals surface area contributed by atoms with Crippen molar-refractivity contribution < 1.29 is 4.39 Å². The number of hydrogen-bond acceptors (Lipinski definition) is 2. The number of nitrogens with zero attached hydrogens (tertiary/aromatic N) is 1. The summed E-state index contributed by atoms with van der Waals surface area (Å²) in [4.78, 5) is 0. The molecule has 0 saturated carbocycles. The zero-order valence-electron chi connectivity index (χ0n) is 9.67. The van der Waals surface area contributed by atoms with Crippen molar-refractivity contribution in [3.05, 3.63) is 57.8 Å². The summed E-state index contributed by atoms with van der Waals surface area (Å²) in [7, 11) is 0. The minimum atomic E-state index is -0.299. The quantitative estimate of drug-likeness (QED) is 0.886. The molecule has 2 aromatic carbocycles. The molecule has 0 spiro atoms. The molecule has 90 valence electrons. The first-order valence-corrected chi connectivity index (χ1v) is 6.13. The third-order valence-electron chi connectivity index (χ3n) is 2.58. The first-order chi connectivity index (χ1) is 8.61. The lowest BCUT2D eigenvalue weighted by Gasteiger charge is -2.11. The molecule has 0 heterocycles. The van der Waals surface area contributed by atoms with Gasteiger partial charge in [0.15, 0.2) is 0 Å². The van der Waals surface area contributed by atoms with Gasteiger partial charge in [-0.2, -0.15) is 5.26 Å². The van der Waals surface area contributed by atoms with Crippen molar-refractivity contribution in [3.63, 3.8) is 0 Å². The molecular weight excluding hydrogens is 295 g/mol. The molecule has 0 bridgehead atoms. The van der Waals surface area contributed by atoms with Gasteiger partial charge in [-0.05, 0) is 52.7 Å². The maximum absolute atomic E-state index is 13.3. The van der Waals surface area contributed by atoms with Crippen LogP contribution in [0, 0.1) is 24.1 Å². The van der Waals surface area contributed by atoms with Crippen LogP contribution in [0.3, 0.4) is 0 Å². The summed E-state index contributed by atoms with van der Waals surface area (Å²) in [6, 6.07) is 12.4. The Balaban J connectivity index is 2.41. The highest BCUT2D eigenvalue weighted by atomic mass is 79.9. The van der Waals surface area contributed by atoms with E-state index in [1.165, 1.54) is 6.07 Å². The fraction of sp³-hybridized carbons (Fsp3) is 0.0714. The normalized spacial score (nSPS) is 9.89. The highest BCUT2D eigenvalue weighted by Gasteiger charge is 2.07. The van der Waals surface area contributed by atoms with Crippen molar-refractivity contribution in [1.29, 1.82) is 5.26 Å². The van der Waals surface area contributed by atoms with Crippen LogP contribution < -0.4 is 5.32 Å². The summed E-state index contributed by atoms with van der Waals surface area (Å²) in [5.41, 5.74) is 2.81. The van der Waals surface area contributed by atoms with E-state index in [0.29, 0.717) is 15.7 Å². The van der Waals surface area contributed by atoms with Crippen molar-refractivity contribution in [3.8, 4) is 6.07 Å². The van der Waals surface area contributed by atoms with Gasteiger partial charge in [0.25, 0.3) is 0 Å². The number of aryl methyl sites for hydroxylation is 1. The van der Waals surface area contributed by atoms with Gasteiger partial charge in [-0.25, -0.2) is 4.39 Å². The molecule has 0 atom stereocenters. The van der Waals surface area contributed by atoms with Gasteiger partial charge in [0.1, 0.15) is 11.9 Å². The number of para-hydroxylation sites is 1. The number of nitrogens with one attached hydrogen (secondary N) is 1. The van der Waals surface area contributed by atoms with Crippen molar-refractivity contribution in [2.24, 2.45) is 0 Å². The molecule has 0 aliphatic rings. The van der Waals surface area contributed by atoms with Crippen LogP contribution >= 0.6 is 15.9 Å². The molecule has 1 N–H and O–H groups in total. The molecule has 0 aliphatic heterocycles. The molecular formula is C14H10BrFN2. The molecule has 0 unspecified atom stereocenters. The van der Waals surface area contributed by atoms with Gasteiger partial charge in [-0.1, -0.05) is 12.1 Å². The van der Waals surface area contributed by atoms with Crippen LogP contribution in [0.15, 0.2) is 40.9 Å². The zero-order valence-corrected chi connectivity index (χ0v) is 11.3. The van der Waals surface area contributed by atoms with E-state index in [9.17, 15) is 4.39 Å². The van der Waals surface area contributed by atoms with Crippen LogP contribution in [0.25, 0.3) is 0 Å². The summed E-state index contributed by atoms with van der Waals surface area (Å²) in [5, 5.41) is 12.1. The van der Waals surface area contributed by atoms with Crippen LogP contribution in [0.5, 0.6) is 0 Å². The van der Waals surface area contributed by atoms with Crippen molar-refractivity contribution in [2.45, 2.75) is 6.92 Å². The van der Waals surface area contributed by atoms with E-state index in [0.717, 1.165) is 11.3 Å². The number of anilines is 2. The van der Waals surface area contributed by atoms with E-state index in [1.807, 2.05) is 19.1 Å². The Hall–Kier alpha value is -1.86. The minimum Gasteiger partial charge on any atom is -0.354 e. The monoisotopic (exact) mass is 304 g/mol. The first-order valence-electron chi connectivity index (χ1n) is 5.33. The molecule has 0 saturated heterocycles. The van der Waals surface area contributed by atoms with Crippen LogP contribution in [0.2, 0.25) is 0 Å². The van der Waals surface area contributed by atoms with E-state index < -0.39 is 0 Å². The van der Waals surface area contributed by atoms with Gasteiger partial charge in [-0.3, -0.25) is 0 Å². The van der Waals surface area contributed by atoms with Crippen LogP contribution in [0.4, 0.5) is 15.8 Å².